The Labute approximate surface area is 146 Å². The zero-order valence-corrected chi connectivity index (χ0v) is 15.3. The molecular weight excluding hydrogens is 324 g/mol. The molecule has 0 radical (unpaired) electrons. The van der Waals surface area contributed by atoms with E-state index in [2.05, 4.69) is 31.3 Å². The van der Waals surface area contributed by atoms with E-state index in [0.717, 1.165) is 25.2 Å². The van der Waals surface area contributed by atoms with Gasteiger partial charge in [0.05, 0.1) is 30.4 Å². The Bertz CT molecular complexity index is 681. The summed E-state index contributed by atoms with van der Waals surface area (Å²) in [4.78, 5) is 20.3. The van der Waals surface area contributed by atoms with Gasteiger partial charge in [-0.1, -0.05) is 0 Å². The second-order valence-corrected chi connectivity index (χ2v) is 7.14. The molecule has 1 amide bonds. The highest BCUT2D eigenvalue weighted by Crippen LogP contribution is 2.30. The van der Waals surface area contributed by atoms with E-state index < -0.39 is 0 Å². The Hall–Kier alpha value is -1.70. The van der Waals surface area contributed by atoms with Crippen molar-refractivity contribution in [1.29, 1.82) is 0 Å². The number of imidazole rings is 1. The van der Waals surface area contributed by atoms with Gasteiger partial charge in [-0.15, -0.1) is 0 Å². The molecule has 0 unspecified atom stereocenters. The van der Waals surface area contributed by atoms with Crippen molar-refractivity contribution in [3.63, 3.8) is 0 Å². The van der Waals surface area contributed by atoms with Gasteiger partial charge in [-0.2, -0.15) is 11.3 Å². The molecule has 0 aliphatic carbocycles. The number of likely N-dealkylation sites (N-methyl/N-ethyl adjacent to an activating group) is 1. The van der Waals surface area contributed by atoms with E-state index in [1.54, 1.807) is 30.3 Å². The molecule has 6 nitrogen and oxygen atoms in total. The van der Waals surface area contributed by atoms with Crippen LogP contribution in [-0.4, -0.2) is 59.1 Å². The third kappa shape index (κ3) is 3.68. The molecular formula is C17H24N4O2S. The summed E-state index contributed by atoms with van der Waals surface area (Å²) in [7, 11) is 5.51. The van der Waals surface area contributed by atoms with Gasteiger partial charge in [0.2, 0.25) is 5.91 Å². The Kier molecular flexibility index (Phi) is 5.33. The van der Waals surface area contributed by atoms with Crippen molar-refractivity contribution in [3.05, 3.63) is 40.1 Å². The predicted octanol–water partition coefficient (Wildman–Crippen LogP) is 1.69. The molecule has 130 valence electrons. The van der Waals surface area contributed by atoms with E-state index in [9.17, 15) is 4.79 Å². The molecule has 0 saturated heterocycles. The number of hydrogen-bond acceptors (Lipinski definition) is 5. The number of amides is 1. The van der Waals surface area contributed by atoms with Crippen LogP contribution in [0.4, 0.5) is 0 Å². The van der Waals surface area contributed by atoms with Gasteiger partial charge in [0.15, 0.2) is 0 Å². The topological polar surface area (TPSA) is 50.6 Å². The van der Waals surface area contributed by atoms with Crippen LogP contribution in [0.25, 0.3) is 0 Å². The maximum Gasteiger partial charge on any atom is 0.248 e. The summed E-state index contributed by atoms with van der Waals surface area (Å²) >= 11 is 1.72. The van der Waals surface area contributed by atoms with Gasteiger partial charge in [0.1, 0.15) is 6.61 Å². The van der Waals surface area contributed by atoms with E-state index in [1.165, 1.54) is 11.3 Å². The molecule has 2 aromatic heterocycles. The predicted molar refractivity (Wildman–Crippen MR) is 93.9 cm³/mol. The third-order valence-corrected chi connectivity index (χ3v) is 5.15. The molecule has 1 atom stereocenters. The minimum Gasteiger partial charge on any atom is -0.370 e. The zero-order valence-electron chi connectivity index (χ0n) is 14.4. The standard InChI is InChI=1S/C17H24N4O2S/c1-19(2)16(22)10-23-9-15-17-14(18-12-20(17)3)4-6-21(15)8-13-5-7-24-11-13/h5,7,11-12,15H,4,6,8-10H2,1-3H3/t15-/m1/s1. The number of thiophene rings is 1. The van der Waals surface area contributed by atoms with Gasteiger partial charge in [-0.05, 0) is 22.4 Å². The van der Waals surface area contributed by atoms with E-state index in [1.807, 2.05) is 13.4 Å². The highest BCUT2D eigenvalue weighted by Gasteiger charge is 2.31. The number of hydrogen-bond donors (Lipinski definition) is 0. The quantitative estimate of drug-likeness (QED) is 0.797. The van der Waals surface area contributed by atoms with Crippen LogP contribution in [0.2, 0.25) is 0 Å². The minimum absolute atomic E-state index is 0.0135. The molecule has 2 aromatic rings. The third-order valence-electron chi connectivity index (χ3n) is 4.42. The summed E-state index contributed by atoms with van der Waals surface area (Å²) in [5, 5.41) is 4.29. The monoisotopic (exact) mass is 348 g/mol. The molecule has 3 rings (SSSR count). The lowest BCUT2D eigenvalue weighted by molar-refractivity contribution is -0.134. The van der Waals surface area contributed by atoms with Crippen molar-refractivity contribution >= 4 is 17.2 Å². The van der Waals surface area contributed by atoms with Gasteiger partial charge in [-0.25, -0.2) is 4.98 Å². The summed E-state index contributed by atoms with van der Waals surface area (Å²) in [6.45, 7) is 2.46. The van der Waals surface area contributed by atoms with Crippen molar-refractivity contribution in [2.24, 2.45) is 7.05 Å². The number of rotatable bonds is 6. The van der Waals surface area contributed by atoms with Crippen molar-refractivity contribution < 1.29 is 9.53 Å². The largest absolute Gasteiger partial charge is 0.370 e. The van der Waals surface area contributed by atoms with Crippen molar-refractivity contribution in [2.45, 2.75) is 19.0 Å². The first-order chi connectivity index (χ1) is 11.6. The molecule has 24 heavy (non-hydrogen) atoms. The maximum absolute atomic E-state index is 11.8. The number of carbonyl (C=O) groups excluding carboxylic acids is 1. The second kappa shape index (κ2) is 7.46. The van der Waals surface area contributed by atoms with Crippen molar-refractivity contribution in [2.75, 3.05) is 33.9 Å². The summed E-state index contributed by atoms with van der Waals surface area (Å²) in [5.41, 5.74) is 3.67. The van der Waals surface area contributed by atoms with E-state index in [4.69, 9.17) is 4.74 Å². The minimum atomic E-state index is -0.0135. The molecule has 7 heteroatoms. The first kappa shape index (κ1) is 17.1. The molecule has 0 saturated carbocycles. The summed E-state index contributed by atoms with van der Waals surface area (Å²) in [5.74, 6) is -0.0135. The normalized spacial score (nSPS) is 17.7. The highest BCUT2D eigenvalue weighted by molar-refractivity contribution is 7.07. The Morgan fingerprint density at radius 3 is 3.04 bits per heavy atom. The molecule has 0 bridgehead atoms. The van der Waals surface area contributed by atoms with Gasteiger partial charge in [0.25, 0.3) is 0 Å². The fourth-order valence-corrected chi connectivity index (χ4v) is 3.72. The highest BCUT2D eigenvalue weighted by atomic mass is 32.1. The average molecular weight is 348 g/mol. The first-order valence-corrected chi connectivity index (χ1v) is 9.03. The lowest BCUT2D eigenvalue weighted by atomic mass is 10.0. The molecule has 1 aliphatic heterocycles. The molecule has 0 spiro atoms. The molecule has 3 heterocycles. The van der Waals surface area contributed by atoms with Crippen LogP contribution < -0.4 is 0 Å². The zero-order chi connectivity index (χ0) is 17.1. The Morgan fingerprint density at radius 1 is 1.50 bits per heavy atom. The van der Waals surface area contributed by atoms with E-state index in [-0.39, 0.29) is 18.6 Å². The van der Waals surface area contributed by atoms with Crippen LogP contribution in [0.5, 0.6) is 0 Å². The fourth-order valence-electron chi connectivity index (χ4n) is 3.06. The average Bonchev–Trinajstić information content (AvgIpc) is 3.19. The Balaban J connectivity index is 1.73. The first-order valence-electron chi connectivity index (χ1n) is 8.09. The number of carbonyl (C=O) groups is 1. The molecule has 0 N–H and O–H groups in total. The van der Waals surface area contributed by atoms with Crippen LogP contribution in [0.3, 0.4) is 0 Å². The van der Waals surface area contributed by atoms with Gasteiger partial charge >= 0.3 is 0 Å². The van der Waals surface area contributed by atoms with Crippen LogP contribution in [-0.2, 0) is 29.5 Å². The number of ether oxygens (including phenoxy) is 1. The summed E-state index contributed by atoms with van der Waals surface area (Å²) in [6.07, 6.45) is 2.82. The van der Waals surface area contributed by atoms with Crippen molar-refractivity contribution in [1.82, 2.24) is 19.4 Å². The summed E-state index contributed by atoms with van der Waals surface area (Å²) < 4.78 is 7.84. The van der Waals surface area contributed by atoms with Crippen LogP contribution in [0.1, 0.15) is 23.0 Å². The SMILES string of the molecule is CN(C)C(=O)COC[C@@H]1c2c(ncn2C)CCN1Cc1ccsc1. The van der Waals surface area contributed by atoms with E-state index >= 15 is 0 Å². The number of fused-ring (bicyclic) bond motifs is 1. The van der Waals surface area contributed by atoms with Crippen molar-refractivity contribution in [3.8, 4) is 0 Å². The number of nitrogens with zero attached hydrogens (tertiary/aromatic N) is 4. The lowest BCUT2D eigenvalue weighted by Gasteiger charge is -2.35. The van der Waals surface area contributed by atoms with Crippen LogP contribution in [0.15, 0.2) is 23.2 Å². The molecule has 0 aromatic carbocycles. The maximum atomic E-state index is 11.8. The molecule has 0 fully saturated rings. The molecule has 1 aliphatic rings. The number of aromatic nitrogens is 2. The van der Waals surface area contributed by atoms with Crippen LogP contribution >= 0.6 is 11.3 Å². The smallest absolute Gasteiger partial charge is 0.248 e. The van der Waals surface area contributed by atoms with Gasteiger partial charge < -0.3 is 14.2 Å². The lowest BCUT2D eigenvalue weighted by Crippen LogP contribution is -2.39. The van der Waals surface area contributed by atoms with Crippen LogP contribution in [0, 0.1) is 0 Å². The van der Waals surface area contributed by atoms with E-state index in [0.29, 0.717) is 6.61 Å². The number of aryl methyl sites for hydroxylation is 1. The fraction of sp³-hybridized carbons (Fsp3) is 0.529. The van der Waals surface area contributed by atoms with Gasteiger partial charge in [0, 0.05) is 40.7 Å². The second-order valence-electron chi connectivity index (χ2n) is 6.36. The summed E-state index contributed by atoms with van der Waals surface area (Å²) in [6, 6.07) is 2.29. The Morgan fingerprint density at radius 2 is 2.33 bits per heavy atom. The van der Waals surface area contributed by atoms with Gasteiger partial charge in [-0.3, -0.25) is 9.69 Å².